The van der Waals surface area contributed by atoms with Crippen LogP contribution in [-0.4, -0.2) is 39.0 Å². The van der Waals surface area contributed by atoms with Crippen LogP contribution < -0.4 is 0 Å². The van der Waals surface area contributed by atoms with Crippen LogP contribution in [0.2, 0.25) is 0 Å². The molecule has 0 amide bonds. The van der Waals surface area contributed by atoms with Gasteiger partial charge in [0.1, 0.15) is 5.03 Å². The van der Waals surface area contributed by atoms with Crippen molar-refractivity contribution in [1.29, 1.82) is 0 Å². The average molecular weight is 269 g/mol. The van der Waals surface area contributed by atoms with Crippen molar-refractivity contribution in [3.8, 4) is 0 Å². The first-order valence-corrected chi connectivity index (χ1v) is 8.27. The molecule has 2 fully saturated rings. The van der Waals surface area contributed by atoms with E-state index in [2.05, 4.69) is 20.6 Å². The molecule has 1 aromatic rings. The van der Waals surface area contributed by atoms with E-state index in [0.717, 1.165) is 5.92 Å². The predicted molar refractivity (Wildman–Crippen MR) is 72.8 cm³/mol. The third-order valence-corrected chi connectivity index (χ3v) is 5.63. The van der Waals surface area contributed by atoms with Gasteiger partial charge in [-0.1, -0.05) is 13.3 Å². The lowest BCUT2D eigenvalue weighted by molar-refractivity contribution is 0.342. The van der Waals surface area contributed by atoms with E-state index < -0.39 is 0 Å². The van der Waals surface area contributed by atoms with Crippen molar-refractivity contribution in [2.24, 2.45) is 5.92 Å². The van der Waals surface area contributed by atoms with Gasteiger partial charge in [0.2, 0.25) is 0 Å². The Bertz CT molecular complexity index is 380. The quantitative estimate of drug-likeness (QED) is 0.607. The molecular weight excluding hydrogens is 250 g/mol. The van der Waals surface area contributed by atoms with Crippen LogP contribution in [0.5, 0.6) is 0 Å². The minimum absolute atomic E-state index is 0.673. The van der Waals surface area contributed by atoms with Crippen LogP contribution in [0, 0.1) is 5.92 Å². The molecule has 2 saturated heterocycles. The molecule has 0 N–H and O–H groups in total. The molecule has 1 unspecified atom stereocenters. The van der Waals surface area contributed by atoms with Crippen molar-refractivity contribution in [3.63, 3.8) is 0 Å². The lowest BCUT2D eigenvalue weighted by atomic mass is 9.90. The molecule has 3 nitrogen and oxygen atoms in total. The van der Waals surface area contributed by atoms with E-state index in [4.69, 9.17) is 0 Å². The van der Waals surface area contributed by atoms with E-state index in [1.807, 2.05) is 11.8 Å². The molecule has 3 rings (SSSR count). The summed E-state index contributed by atoms with van der Waals surface area (Å²) < 4.78 is 9.07. The maximum absolute atomic E-state index is 4.58. The summed E-state index contributed by atoms with van der Waals surface area (Å²) in [4.78, 5) is 2.58. The standard InChI is InChI=1S/C12H19N3S2/c1-2-3-6-16-12-11(13-17-14-12)10-8-15-5-4-9(10)7-15/h9-10H,2-8H2,1H3/t9-,10-/m0/s1. The Balaban J connectivity index is 1.68. The van der Waals surface area contributed by atoms with Gasteiger partial charge >= 0.3 is 0 Å². The highest BCUT2D eigenvalue weighted by atomic mass is 32.2. The molecule has 2 bridgehead atoms. The van der Waals surface area contributed by atoms with E-state index >= 15 is 0 Å². The Hall–Kier alpha value is -0.130. The Morgan fingerprint density at radius 1 is 1.41 bits per heavy atom. The minimum Gasteiger partial charge on any atom is -0.302 e. The zero-order chi connectivity index (χ0) is 11.7. The fourth-order valence-electron chi connectivity index (χ4n) is 2.92. The van der Waals surface area contributed by atoms with Crippen LogP contribution >= 0.6 is 23.5 Å². The molecule has 0 aliphatic carbocycles. The van der Waals surface area contributed by atoms with E-state index in [9.17, 15) is 0 Å². The first-order chi connectivity index (χ1) is 8.38. The zero-order valence-corrected chi connectivity index (χ0v) is 11.9. The first kappa shape index (κ1) is 11.9. The second-order valence-corrected chi connectivity index (χ2v) is 6.68. The minimum atomic E-state index is 0.673. The van der Waals surface area contributed by atoms with Crippen molar-refractivity contribution in [2.45, 2.75) is 37.1 Å². The summed E-state index contributed by atoms with van der Waals surface area (Å²) in [6, 6.07) is 0. The normalized spacial score (nSPS) is 31.2. The predicted octanol–water partition coefficient (Wildman–Crippen LogP) is 2.85. The summed E-state index contributed by atoms with van der Waals surface area (Å²) >= 11 is 3.31. The number of unbranched alkanes of at least 4 members (excludes halogenated alkanes) is 1. The van der Waals surface area contributed by atoms with Crippen molar-refractivity contribution in [3.05, 3.63) is 5.69 Å². The number of nitrogens with zero attached hydrogens (tertiary/aromatic N) is 3. The molecule has 0 aromatic carbocycles. The molecular formula is C12H19N3S2. The highest BCUT2D eigenvalue weighted by molar-refractivity contribution is 7.99. The lowest BCUT2D eigenvalue weighted by Gasteiger charge is -2.20. The summed E-state index contributed by atoms with van der Waals surface area (Å²) in [5.74, 6) is 2.71. The molecule has 2 aliphatic rings. The molecule has 94 valence electrons. The summed E-state index contributed by atoms with van der Waals surface area (Å²) in [6.45, 7) is 6.06. The number of thioether (sulfide) groups is 1. The smallest absolute Gasteiger partial charge is 0.134 e. The maximum Gasteiger partial charge on any atom is 0.134 e. The van der Waals surface area contributed by atoms with Crippen LogP contribution in [0.1, 0.15) is 37.8 Å². The number of hydrogen-bond acceptors (Lipinski definition) is 5. The highest BCUT2D eigenvalue weighted by Crippen LogP contribution is 2.42. The van der Waals surface area contributed by atoms with Crippen molar-refractivity contribution < 1.29 is 0 Å². The fourth-order valence-corrected chi connectivity index (χ4v) is 4.78. The second kappa shape index (κ2) is 5.24. The van der Waals surface area contributed by atoms with Crippen molar-refractivity contribution in [2.75, 3.05) is 25.4 Å². The zero-order valence-electron chi connectivity index (χ0n) is 10.3. The molecule has 3 heterocycles. The third-order valence-electron chi connectivity index (χ3n) is 3.90. The van der Waals surface area contributed by atoms with E-state index in [1.165, 1.54) is 67.1 Å². The second-order valence-electron chi connectivity index (χ2n) is 5.07. The Kier molecular flexibility index (Phi) is 3.68. The number of fused-ring (bicyclic) bond motifs is 2. The van der Waals surface area contributed by atoms with Gasteiger partial charge in [-0.3, -0.25) is 0 Å². The topological polar surface area (TPSA) is 29.0 Å². The Morgan fingerprint density at radius 3 is 3.06 bits per heavy atom. The van der Waals surface area contributed by atoms with Gasteiger partial charge in [0.15, 0.2) is 0 Å². The number of hydrogen-bond donors (Lipinski definition) is 0. The highest BCUT2D eigenvalue weighted by Gasteiger charge is 2.41. The molecule has 3 atom stereocenters. The van der Waals surface area contributed by atoms with Crippen LogP contribution in [0.15, 0.2) is 5.03 Å². The van der Waals surface area contributed by atoms with Crippen LogP contribution in [0.4, 0.5) is 0 Å². The fraction of sp³-hybridized carbons (Fsp3) is 0.833. The molecule has 5 heteroatoms. The first-order valence-electron chi connectivity index (χ1n) is 6.56. The SMILES string of the molecule is CCCCSc1nsnc1[C@H]1CN2CC[C@H]1C2. The van der Waals surface area contributed by atoms with Crippen LogP contribution in [0.3, 0.4) is 0 Å². The summed E-state index contributed by atoms with van der Waals surface area (Å²) in [5, 5.41) is 1.22. The molecule has 0 spiro atoms. The van der Waals surface area contributed by atoms with Crippen molar-refractivity contribution in [1.82, 2.24) is 13.6 Å². The van der Waals surface area contributed by atoms with Crippen LogP contribution in [-0.2, 0) is 0 Å². The molecule has 17 heavy (non-hydrogen) atoms. The maximum atomic E-state index is 4.58. The Morgan fingerprint density at radius 2 is 2.35 bits per heavy atom. The van der Waals surface area contributed by atoms with Gasteiger partial charge in [-0.2, -0.15) is 8.75 Å². The summed E-state index contributed by atoms with van der Waals surface area (Å²) in [7, 11) is 0. The van der Waals surface area contributed by atoms with E-state index in [-0.39, 0.29) is 0 Å². The number of piperidine rings is 1. The molecule has 0 saturated carbocycles. The number of aromatic nitrogens is 2. The van der Waals surface area contributed by atoms with Gasteiger partial charge in [0.05, 0.1) is 17.4 Å². The molecule has 0 radical (unpaired) electrons. The van der Waals surface area contributed by atoms with E-state index in [1.54, 1.807) is 0 Å². The van der Waals surface area contributed by atoms with Gasteiger partial charge in [-0.05, 0) is 31.1 Å². The monoisotopic (exact) mass is 269 g/mol. The van der Waals surface area contributed by atoms with Gasteiger partial charge in [0, 0.05) is 19.0 Å². The van der Waals surface area contributed by atoms with E-state index in [0.29, 0.717) is 5.92 Å². The molecule has 1 aromatic heterocycles. The molecule has 2 aliphatic heterocycles. The van der Waals surface area contributed by atoms with Gasteiger partial charge in [0.25, 0.3) is 0 Å². The van der Waals surface area contributed by atoms with Crippen molar-refractivity contribution >= 4 is 23.5 Å². The van der Waals surface area contributed by atoms with Crippen LogP contribution in [0.25, 0.3) is 0 Å². The van der Waals surface area contributed by atoms with Gasteiger partial charge in [-0.15, -0.1) is 11.8 Å². The number of rotatable bonds is 5. The summed E-state index contributed by atoms with van der Waals surface area (Å²) in [6.07, 6.45) is 3.91. The largest absolute Gasteiger partial charge is 0.302 e. The summed E-state index contributed by atoms with van der Waals surface area (Å²) in [5.41, 5.74) is 1.31. The lowest BCUT2D eigenvalue weighted by Crippen LogP contribution is -2.22. The van der Waals surface area contributed by atoms with Gasteiger partial charge < -0.3 is 4.90 Å². The average Bonchev–Trinajstić information content (AvgIpc) is 3.04. The Labute approximate surface area is 111 Å². The van der Waals surface area contributed by atoms with Gasteiger partial charge in [-0.25, -0.2) is 0 Å². The third kappa shape index (κ3) is 2.37.